The third kappa shape index (κ3) is 2.46. The van der Waals surface area contributed by atoms with E-state index in [0.717, 1.165) is 0 Å². The van der Waals surface area contributed by atoms with Gasteiger partial charge in [-0.1, -0.05) is 5.92 Å². The Hall–Kier alpha value is -1.18. The highest BCUT2D eigenvalue weighted by Gasteiger charge is 1.95. The molecule has 0 radical (unpaired) electrons. The quantitative estimate of drug-likeness (QED) is 0.539. The average molecular weight is 181 g/mol. The fourth-order valence-corrected chi connectivity index (χ4v) is 1.22. The Kier molecular flexibility index (Phi) is 3.45. The van der Waals surface area contributed by atoms with Gasteiger partial charge in [-0.15, -0.1) is 11.3 Å². The van der Waals surface area contributed by atoms with E-state index in [4.69, 9.17) is 5.11 Å². The fraction of sp³-hybridized carbons (Fsp3) is 0.250. The summed E-state index contributed by atoms with van der Waals surface area (Å²) in [4.78, 5) is 14.1. The van der Waals surface area contributed by atoms with Crippen LogP contribution >= 0.6 is 11.3 Å². The summed E-state index contributed by atoms with van der Waals surface area (Å²) in [5, 5.41) is 10.7. The molecule has 0 spiro atoms. The molecule has 1 aromatic heterocycles. The molecule has 0 amide bonds. The fourth-order valence-electron chi connectivity index (χ4n) is 0.592. The molecule has 3 nitrogen and oxygen atoms in total. The zero-order chi connectivity index (χ0) is 8.81. The van der Waals surface area contributed by atoms with E-state index in [0.29, 0.717) is 23.4 Å². The van der Waals surface area contributed by atoms with E-state index in [1.807, 2.05) is 0 Å². The summed E-state index contributed by atoms with van der Waals surface area (Å²) in [6.07, 6.45) is 1.13. The third-order valence-corrected chi connectivity index (χ3v) is 1.85. The minimum absolute atomic E-state index is 0.0545. The molecular formula is C8H7NO2S. The Balaban J connectivity index is 2.65. The number of nitrogens with zero attached hydrogens (tertiary/aromatic N) is 1. The van der Waals surface area contributed by atoms with Gasteiger partial charge in [-0.2, -0.15) is 0 Å². The molecule has 4 heteroatoms. The molecule has 0 unspecified atom stereocenters. The molecule has 1 aromatic rings. The monoisotopic (exact) mass is 181 g/mol. The normalized spacial score (nSPS) is 8.75. The van der Waals surface area contributed by atoms with Gasteiger partial charge in [0.1, 0.15) is 5.69 Å². The number of aliphatic hydroxyl groups excluding tert-OH is 1. The van der Waals surface area contributed by atoms with Gasteiger partial charge in [-0.3, -0.25) is 4.79 Å². The predicted molar refractivity (Wildman–Crippen MR) is 46.1 cm³/mol. The minimum atomic E-state index is 0.0545. The summed E-state index contributed by atoms with van der Waals surface area (Å²) in [6.45, 7) is 0.0545. The first kappa shape index (κ1) is 8.91. The van der Waals surface area contributed by atoms with E-state index in [9.17, 15) is 4.79 Å². The van der Waals surface area contributed by atoms with Crippen molar-refractivity contribution >= 4 is 17.6 Å². The van der Waals surface area contributed by atoms with Gasteiger partial charge in [0.2, 0.25) is 0 Å². The van der Waals surface area contributed by atoms with Crippen LogP contribution in [0.25, 0.3) is 0 Å². The molecule has 0 aliphatic carbocycles. The molecule has 1 rings (SSSR count). The Morgan fingerprint density at radius 1 is 1.75 bits per heavy atom. The van der Waals surface area contributed by atoms with Crippen molar-refractivity contribution in [3.05, 3.63) is 16.1 Å². The number of aldehydes is 1. The molecule has 0 bridgehead atoms. The number of carbonyl (C=O) groups is 1. The van der Waals surface area contributed by atoms with Crippen LogP contribution in [0, 0.1) is 11.8 Å². The lowest BCUT2D eigenvalue weighted by molar-refractivity contribution is 0.111. The van der Waals surface area contributed by atoms with E-state index in [2.05, 4.69) is 16.8 Å². The minimum Gasteiger partial charge on any atom is -0.395 e. The second-order valence-corrected chi connectivity index (χ2v) is 2.83. The molecule has 0 aromatic carbocycles. The molecule has 0 aliphatic rings. The largest absolute Gasteiger partial charge is 0.395 e. The zero-order valence-electron chi connectivity index (χ0n) is 6.28. The highest BCUT2D eigenvalue weighted by Crippen LogP contribution is 2.05. The molecule has 0 aliphatic heterocycles. The van der Waals surface area contributed by atoms with Gasteiger partial charge in [0, 0.05) is 11.8 Å². The van der Waals surface area contributed by atoms with Crippen LogP contribution in [-0.2, 0) is 0 Å². The van der Waals surface area contributed by atoms with Crippen molar-refractivity contribution in [2.75, 3.05) is 6.61 Å². The van der Waals surface area contributed by atoms with Gasteiger partial charge in [-0.05, 0) is 5.92 Å². The lowest BCUT2D eigenvalue weighted by atomic mass is 10.4. The highest BCUT2D eigenvalue weighted by molar-refractivity contribution is 7.10. The highest BCUT2D eigenvalue weighted by atomic mass is 32.1. The summed E-state index contributed by atoms with van der Waals surface area (Å²) in [5.41, 5.74) is 0.410. The van der Waals surface area contributed by atoms with Crippen molar-refractivity contribution in [2.45, 2.75) is 6.42 Å². The Bertz CT molecular complexity index is 321. The van der Waals surface area contributed by atoms with Crippen LogP contribution in [0.4, 0.5) is 0 Å². The Labute approximate surface area is 74.1 Å². The van der Waals surface area contributed by atoms with Crippen LogP contribution < -0.4 is 0 Å². The van der Waals surface area contributed by atoms with Gasteiger partial charge in [0.05, 0.1) is 6.61 Å². The molecule has 0 saturated carbocycles. The summed E-state index contributed by atoms with van der Waals surface area (Å²) in [5.74, 6) is 5.46. The topological polar surface area (TPSA) is 50.2 Å². The smallest absolute Gasteiger partial charge is 0.169 e. The maximum atomic E-state index is 10.2. The van der Waals surface area contributed by atoms with Crippen molar-refractivity contribution in [3.63, 3.8) is 0 Å². The number of aliphatic hydroxyl groups is 1. The summed E-state index contributed by atoms with van der Waals surface area (Å²) >= 11 is 1.33. The van der Waals surface area contributed by atoms with Gasteiger partial charge < -0.3 is 5.11 Å². The standard InChI is InChI=1S/C8H7NO2S/c10-4-2-1-3-8-9-7(5-11)6-12-8/h5-6,10H,2,4H2. The van der Waals surface area contributed by atoms with E-state index < -0.39 is 0 Å². The maximum Gasteiger partial charge on any atom is 0.169 e. The van der Waals surface area contributed by atoms with Gasteiger partial charge in [0.25, 0.3) is 0 Å². The van der Waals surface area contributed by atoms with Crippen molar-refractivity contribution in [1.82, 2.24) is 4.98 Å². The molecule has 0 saturated heterocycles. The first-order chi connectivity index (χ1) is 5.86. The van der Waals surface area contributed by atoms with Gasteiger partial charge in [-0.25, -0.2) is 4.98 Å². The number of rotatable bonds is 2. The molecular weight excluding hydrogens is 174 g/mol. The van der Waals surface area contributed by atoms with Crippen LogP contribution in [0.15, 0.2) is 5.38 Å². The first-order valence-electron chi connectivity index (χ1n) is 3.37. The zero-order valence-corrected chi connectivity index (χ0v) is 7.10. The maximum absolute atomic E-state index is 10.2. The number of carbonyl (C=O) groups excluding carboxylic acids is 1. The SMILES string of the molecule is O=Cc1csc(C#CCCO)n1. The first-order valence-corrected chi connectivity index (χ1v) is 4.25. The Morgan fingerprint density at radius 2 is 2.58 bits per heavy atom. The average Bonchev–Trinajstić information content (AvgIpc) is 2.53. The predicted octanol–water partition coefficient (Wildman–Crippen LogP) is 0.690. The van der Waals surface area contributed by atoms with E-state index >= 15 is 0 Å². The van der Waals surface area contributed by atoms with Crippen molar-refractivity contribution in [2.24, 2.45) is 0 Å². The number of hydrogen-bond donors (Lipinski definition) is 1. The van der Waals surface area contributed by atoms with E-state index in [1.54, 1.807) is 5.38 Å². The van der Waals surface area contributed by atoms with Gasteiger partial charge >= 0.3 is 0 Å². The van der Waals surface area contributed by atoms with Crippen LogP contribution in [0.1, 0.15) is 21.9 Å². The molecule has 62 valence electrons. The van der Waals surface area contributed by atoms with Gasteiger partial charge in [0.15, 0.2) is 11.3 Å². The molecule has 0 atom stereocenters. The summed E-state index contributed by atoms with van der Waals surface area (Å²) in [7, 11) is 0. The molecule has 12 heavy (non-hydrogen) atoms. The lowest BCUT2D eigenvalue weighted by Gasteiger charge is -1.77. The lowest BCUT2D eigenvalue weighted by Crippen LogP contribution is -1.79. The van der Waals surface area contributed by atoms with Crippen LogP contribution in [0.2, 0.25) is 0 Å². The number of thiazole rings is 1. The van der Waals surface area contributed by atoms with Crippen molar-refractivity contribution < 1.29 is 9.90 Å². The van der Waals surface area contributed by atoms with E-state index in [1.165, 1.54) is 11.3 Å². The third-order valence-electron chi connectivity index (χ3n) is 1.07. The number of hydrogen-bond acceptors (Lipinski definition) is 4. The molecule has 0 fully saturated rings. The number of aromatic nitrogens is 1. The van der Waals surface area contributed by atoms with Crippen molar-refractivity contribution in [1.29, 1.82) is 0 Å². The van der Waals surface area contributed by atoms with Crippen LogP contribution in [-0.4, -0.2) is 23.0 Å². The van der Waals surface area contributed by atoms with Crippen molar-refractivity contribution in [3.8, 4) is 11.8 Å². The summed E-state index contributed by atoms with van der Waals surface area (Å²) in [6, 6.07) is 0. The van der Waals surface area contributed by atoms with Crippen LogP contribution in [0.5, 0.6) is 0 Å². The second kappa shape index (κ2) is 4.65. The molecule has 1 heterocycles. The summed E-state index contributed by atoms with van der Waals surface area (Å²) < 4.78 is 0. The van der Waals surface area contributed by atoms with Crippen LogP contribution in [0.3, 0.4) is 0 Å². The Morgan fingerprint density at radius 3 is 3.17 bits per heavy atom. The van der Waals surface area contributed by atoms with E-state index in [-0.39, 0.29) is 6.61 Å². The second-order valence-electron chi connectivity index (χ2n) is 1.97. The molecule has 1 N–H and O–H groups in total.